The summed E-state index contributed by atoms with van der Waals surface area (Å²) in [7, 11) is 0. The minimum Gasteiger partial charge on any atom is -0.423 e. The van der Waals surface area contributed by atoms with Gasteiger partial charge in [-0.3, -0.25) is 4.79 Å². The second-order valence-electron chi connectivity index (χ2n) is 6.05. The molecule has 0 saturated carbocycles. The Morgan fingerprint density at radius 3 is 2.48 bits per heavy atom. The topological polar surface area (TPSA) is 79.2 Å². The third-order valence-electron chi connectivity index (χ3n) is 3.95. The van der Waals surface area contributed by atoms with Crippen LogP contribution in [-0.4, -0.2) is 18.4 Å². The van der Waals surface area contributed by atoms with Crippen LogP contribution in [-0.2, 0) is 4.79 Å². The van der Waals surface area contributed by atoms with Gasteiger partial charge in [-0.2, -0.15) is 5.26 Å². The molecule has 2 aromatic rings. The Morgan fingerprint density at radius 2 is 1.85 bits per heavy atom. The Morgan fingerprint density at radius 1 is 1.15 bits per heavy atom. The summed E-state index contributed by atoms with van der Waals surface area (Å²) >= 11 is 0. The van der Waals surface area contributed by atoms with Crippen molar-refractivity contribution in [3.63, 3.8) is 0 Å². The highest BCUT2D eigenvalue weighted by atomic mass is 16.5. The van der Waals surface area contributed by atoms with Crippen molar-refractivity contribution in [2.75, 3.05) is 6.54 Å². The van der Waals surface area contributed by atoms with E-state index in [1.54, 1.807) is 36.4 Å². The predicted molar refractivity (Wildman–Crippen MR) is 104 cm³/mol. The van der Waals surface area contributed by atoms with E-state index in [1.165, 1.54) is 6.08 Å². The number of amides is 1. The van der Waals surface area contributed by atoms with Gasteiger partial charge in [0.2, 0.25) is 0 Å². The number of carbonyl (C=O) groups excluding carboxylic acids is 2. The van der Waals surface area contributed by atoms with Gasteiger partial charge in [0.15, 0.2) is 0 Å². The first kappa shape index (κ1) is 19.9. The van der Waals surface area contributed by atoms with Crippen LogP contribution in [0, 0.1) is 18.3 Å². The first-order valence-corrected chi connectivity index (χ1v) is 8.83. The summed E-state index contributed by atoms with van der Waals surface area (Å²) in [5, 5.41) is 11.9. The molecule has 2 rings (SSSR count). The average Bonchev–Trinajstić information content (AvgIpc) is 2.67. The molecule has 0 unspecified atom stereocenters. The highest BCUT2D eigenvalue weighted by molar-refractivity contribution is 6.01. The normalized spacial score (nSPS) is 10.8. The number of benzene rings is 2. The van der Waals surface area contributed by atoms with Crippen molar-refractivity contribution >= 4 is 18.0 Å². The van der Waals surface area contributed by atoms with Gasteiger partial charge in [-0.1, -0.05) is 43.7 Å². The fourth-order valence-corrected chi connectivity index (χ4v) is 2.39. The molecule has 0 aromatic heterocycles. The second kappa shape index (κ2) is 9.93. The number of nitriles is 1. The Labute approximate surface area is 159 Å². The molecule has 27 heavy (non-hydrogen) atoms. The Balaban J connectivity index is 2.05. The molecule has 0 radical (unpaired) electrons. The Hall–Kier alpha value is -3.39. The first-order valence-electron chi connectivity index (χ1n) is 8.83. The van der Waals surface area contributed by atoms with Crippen molar-refractivity contribution in [2.45, 2.75) is 26.7 Å². The summed E-state index contributed by atoms with van der Waals surface area (Å²) in [4.78, 5) is 24.2. The molecule has 1 N–H and O–H groups in total. The molecule has 0 fully saturated rings. The molecule has 0 bridgehead atoms. The van der Waals surface area contributed by atoms with Crippen LogP contribution in [0.25, 0.3) is 6.08 Å². The molecule has 0 saturated heterocycles. The highest BCUT2D eigenvalue weighted by Gasteiger charge is 2.11. The van der Waals surface area contributed by atoms with Crippen molar-refractivity contribution in [2.24, 2.45) is 0 Å². The van der Waals surface area contributed by atoms with E-state index in [1.807, 2.05) is 32.0 Å². The number of aryl methyl sites for hydroxylation is 1. The third kappa shape index (κ3) is 5.82. The molecule has 5 heteroatoms. The smallest absolute Gasteiger partial charge is 0.343 e. The van der Waals surface area contributed by atoms with Crippen molar-refractivity contribution in [1.82, 2.24) is 5.32 Å². The van der Waals surface area contributed by atoms with E-state index in [4.69, 9.17) is 4.74 Å². The lowest BCUT2D eigenvalue weighted by Crippen LogP contribution is -2.25. The van der Waals surface area contributed by atoms with Gasteiger partial charge in [0.25, 0.3) is 5.91 Å². The van der Waals surface area contributed by atoms with E-state index in [9.17, 15) is 14.9 Å². The van der Waals surface area contributed by atoms with Crippen molar-refractivity contribution in [3.8, 4) is 11.8 Å². The van der Waals surface area contributed by atoms with Gasteiger partial charge in [-0.25, -0.2) is 4.79 Å². The van der Waals surface area contributed by atoms with Crippen LogP contribution in [0.4, 0.5) is 0 Å². The molecule has 0 heterocycles. The van der Waals surface area contributed by atoms with Gasteiger partial charge in [0, 0.05) is 6.54 Å². The van der Waals surface area contributed by atoms with Crippen molar-refractivity contribution < 1.29 is 14.3 Å². The standard InChI is InChI=1S/C22H22N2O3/c1-3-4-13-24-21(25)18(15-23)14-17-9-11-19(12-10-17)27-22(26)20-8-6-5-7-16(20)2/h5-12,14H,3-4,13H2,1-2H3,(H,24,25)/b18-14+. The average molecular weight is 362 g/mol. The van der Waals surface area contributed by atoms with Crippen LogP contribution in [0.2, 0.25) is 0 Å². The van der Waals surface area contributed by atoms with E-state index in [2.05, 4.69) is 5.32 Å². The van der Waals surface area contributed by atoms with Crippen LogP contribution < -0.4 is 10.1 Å². The molecule has 0 aliphatic carbocycles. The second-order valence-corrected chi connectivity index (χ2v) is 6.05. The van der Waals surface area contributed by atoms with Crippen LogP contribution in [0.1, 0.15) is 41.3 Å². The first-order chi connectivity index (χ1) is 13.0. The summed E-state index contributed by atoms with van der Waals surface area (Å²) < 4.78 is 5.38. The monoisotopic (exact) mass is 362 g/mol. The lowest BCUT2D eigenvalue weighted by molar-refractivity contribution is -0.117. The van der Waals surface area contributed by atoms with Gasteiger partial charge < -0.3 is 10.1 Å². The number of hydrogen-bond donors (Lipinski definition) is 1. The van der Waals surface area contributed by atoms with Gasteiger partial charge in [-0.05, 0) is 48.7 Å². The molecule has 2 aromatic carbocycles. The Kier molecular flexibility index (Phi) is 7.33. The van der Waals surface area contributed by atoms with Gasteiger partial charge in [0.1, 0.15) is 17.4 Å². The minimum absolute atomic E-state index is 0.0377. The quantitative estimate of drug-likeness (QED) is 0.265. The van der Waals surface area contributed by atoms with Gasteiger partial charge >= 0.3 is 5.97 Å². The zero-order valence-corrected chi connectivity index (χ0v) is 15.5. The molecule has 0 aliphatic rings. The molecular formula is C22H22N2O3. The number of rotatable bonds is 7. The van der Waals surface area contributed by atoms with Gasteiger partial charge in [0.05, 0.1) is 5.56 Å². The van der Waals surface area contributed by atoms with Crippen LogP contribution >= 0.6 is 0 Å². The molecule has 5 nitrogen and oxygen atoms in total. The van der Waals surface area contributed by atoms with Crippen LogP contribution in [0.3, 0.4) is 0 Å². The number of carbonyl (C=O) groups is 2. The summed E-state index contributed by atoms with van der Waals surface area (Å²) in [6, 6.07) is 15.8. The van der Waals surface area contributed by atoms with E-state index in [0.29, 0.717) is 23.4 Å². The zero-order valence-electron chi connectivity index (χ0n) is 15.5. The molecule has 0 spiro atoms. The lowest BCUT2D eigenvalue weighted by atomic mass is 10.1. The van der Waals surface area contributed by atoms with Gasteiger partial charge in [-0.15, -0.1) is 0 Å². The fraction of sp³-hybridized carbons (Fsp3) is 0.227. The number of hydrogen-bond acceptors (Lipinski definition) is 4. The number of nitrogens with one attached hydrogen (secondary N) is 1. The van der Waals surface area contributed by atoms with Crippen molar-refractivity contribution in [3.05, 3.63) is 70.8 Å². The summed E-state index contributed by atoms with van der Waals surface area (Å²) in [5.74, 6) is -0.420. The zero-order chi connectivity index (χ0) is 19.6. The number of ether oxygens (including phenoxy) is 1. The number of unbranched alkanes of at least 4 members (excludes halogenated alkanes) is 1. The summed E-state index contributed by atoms with van der Waals surface area (Å²) in [6.45, 7) is 4.42. The molecule has 0 atom stereocenters. The molecule has 138 valence electrons. The van der Waals surface area contributed by atoms with Crippen LogP contribution in [0.15, 0.2) is 54.1 Å². The maximum atomic E-state index is 12.2. The van der Waals surface area contributed by atoms with Crippen LogP contribution in [0.5, 0.6) is 5.75 Å². The molecule has 0 aliphatic heterocycles. The highest BCUT2D eigenvalue weighted by Crippen LogP contribution is 2.17. The van der Waals surface area contributed by atoms with E-state index >= 15 is 0 Å². The number of esters is 1. The maximum Gasteiger partial charge on any atom is 0.343 e. The molecular weight excluding hydrogens is 340 g/mol. The molecule has 1 amide bonds. The SMILES string of the molecule is CCCCNC(=O)/C(C#N)=C/c1ccc(OC(=O)c2ccccc2C)cc1. The largest absolute Gasteiger partial charge is 0.423 e. The fourth-order valence-electron chi connectivity index (χ4n) is 2.39. The third-order valence-corrected chi connectivity index (χ3v) is 3.95. The van der Waals surface area contributed by atoms with Crippen molar-refractivity contribution in [1.29, 1.82) is 5.26 Å². The number of nitrogens with zero attached hydrogens (tertiary/aromatic N) is 1. The maximum absolute atomic E-state index is 12.2. The van der Waals surface area contributed by atoms with E-state index in [-0.39, 0.29) is 11.5 Å². The summed E-state index contributed by atoms with van der Waals surface area (Å²) in [6.07, 6.45) is 3.34. The lowest BCUT2D eigenvalue weighted by Gasteiger charge is -2.07. The summed E-state index contributed by atoms with van der Waals surface area (Å²) in [5.41, 5.74) is 2.07. The van der Waals surface area contributed by atoms with E-state index in [0.717, 1.165) is 18.4 Å². The van der Waals surface area contributed by atoms with E-state index < -0.39 is 5.97 Å². The predicted octanol–water partition coefficient (Wildman–Crippen LogP) is 4.04. The Bertz CT molecular complexity index is 877. The minimum atomic E-state index is -0.426.